The third kappa shape index (κ3) is 11.6. The molecular weight excluding hydrogens is 254 g/mol. The van der Waals surface area contributed by atoms with Gasteiger partial charge in [0.15, 0.2) is 6.10 Å². The van der Waals surface area contributed by atoms with Crippen molar-refractivity contribution in [2.75, 3.05) is 26.2 Å². The number of likely N-dealkylation sites (N-methyl/N-ethyl adjacent to an activating group) is 1. The summed E-state index contributed by atoms with van der Waals surface area (Å²) in [7, 11) is 0. The first-order chi connectivity index (χ1) is 8.79. The molecule has 0 aliphatic carbocycles. The van der Waals surface area contributed by atoms with Gasteiger partial charge in [-0.15, -0.1) is 0 Å². The summed E-state index contributed by atoms with van der Waals surface area (Å²) < 4.78 is 4.28. The van der Waals surface area contributed by atoms with Gasteiger partial charge in [0, 0.05) is 6.54 Å². The summed E-state index contributed by atoms with van der Waals surface area (Å²) in [5.41, 5.74) is 0. The maximum atomic E-state index is 10.5. The van der Waals surface area contributed by atoms with E-state index in [0.717, 1.165) is 19.6 Å². The van der Waals surface area contributed by atoms with Crippen molar-refractivity contribution in [1.29, 1.82) is 0 Å². The third-order valence-corrected chi connectivity index (χ3v) is 2.29. The van der Waals surface area contributed by atoms with E-state index in [-0.39, 0.29) is 6.61 Å². The average molecular weight is 279 g/mol. The summed E-state index contributed by atoms with van der Waals surface area (Å²) in [6.07, 6.45) is -2.49. The van der Waals surface area contributed by atoms with Crippen LogP contribution in [0.15, 0.2) is 0 Å². The molecule has 2 unspecified atom stereocenters. The Labute approximate surface area is 113 Å². The number of ether oxygens (including phenoxy) is 1. The Kier molecular flexibility index (Phi) is 12.6. The average Bonchev–Trinajstić information content (AvgIpc) is 2.36. The molecule has 0 rings (SSSR count). The van der Waals surface area contributed by atoms with Crippen molar-refractivity contribution in [1.82, 2.24) is 4.90 Å². The van der Waals surface area contributed by atoms with E-state index in [1.165, 1.54) is 13.8 Å². The lowest BCUT2D eigenvalue weighted by Gasteiger charge is -2.15. The van der Waals surface area contributed by atoms with Crippen LogP contribution in [0.2, 0.25) is 0 Å². The summed E-state index contributed by atoms with van der Waals surface area (Å²) >= 11 is 0. The van der Waals surface area contributed by atoms with Crippen LogP contribution in [-0.4, -0.2) is 70.6 Å². The number of carbonyl (C=O) groups is 2. The monoisotopic (exact) mass is 279 g/mol. The lowest BCUT2D eigenvalue weighted by molar-refractivity contribution is -0.168. The van der Waals surface area contributed by atoms with E-state index in [1.54, 1.807) is 0 Å². The molecule has 0 saturated carbocycles. The standard InChI is InChI=1S/C6H15NO.C6H10O5/c1-3-7(4-2)5-6-8;1-3(7)6(10)11-4(2)5(8)9/h8H,3-6H2,1-2H3;3-4,7H,1-2H3,(H,8,9). The summed E-state index contributed by atoms with van der Waals surface area (Å²) in [5.74, 6) is -2.17. The summed E-state index contributed by atoms with van der Waals surface area (Å²) in [6, 6.07) is 0. The van der Waals surface area contributed by atoms with E-state index >= 15 is 0 Å². The van der Waals surface area contributed by atoms with E-state index in [1.807, 2.05) is 0 Å². The van der Waals surface area contributed by atoms with Crippen molar-refractivity contribution in [2.24, 2.45) is 0 Å². The Bertz CT molecular complexity index is 253. The van der Waals surface area contributed by atoms with Crippen LogP contribution in [0.25, 0.3) is 0 Å². The lowest BCUT2D eigenvalue weighted by Crippen LogP contribution is -2.29. The lowest BCUT2D eigenvalue weighted by atomic mass is 10.4. The fourth-order valence-electron chi connectivity index (χ4n) is 1.00. The number of carboxylic acid groups (broad SMARTS) is 1. The number of esters is 1. The molecule has 0 fully saturated rings. The smallest absolute Gasteiger partial charge is 0.344 e. The van der Waals surface area contributed by atoms with Gasteiger partial charge in [-0.1, -0.05) is 13.8 Å². The molecule has 114 valence electrons. The molecule has 2 atom stereocenters. The van der Waals surface area contributed by atoms with E-state index in [9.17, 15) is 9.59 Å². The number of aliphatic hydroxyl groups is 2. The van der Waals surface area contributed by atoms with Crippen LogP contribution in [0.1, 0.15) is 27.7 Å². The second-order valence-corrected chi connectivity index (χ2v) is 3.84. The van der Waals surface area contributed by atoms with Crippen LogP contribution < -0.4 is 0 Å². The van der Waals surface area contributed by atoms with Gasteiger partial charge >= 0.3 is 11.9 Å². The highest BCUT2D eigenvalue weighted by Crippen LogP contribution is 1.94. The maximum Gasteiger partial charge on any atom is 0.344 e. The molecule has 0 aromatic rings. The molecule has 0 aromatic carbocycles. The maximum absolute atomic E-state index is 10.5. The number of aliphatic carboxylic acids is 1. The van der Waals surface area contributed by atoms with Gasteiger partial charge < -0.3 is 25.0 Å². The highest BCUT2D eigenvalue weighted by Gasteiger charge is 2.18. The molecule has 0 aliphatic heterocycles. The van der Waals surface area contributed by atoms with Crippen molar-refractivity contribution < 1.29 is 29.6 Å². The van der Waals surface area contributed by atoms with Gasteiger partial charge in [-0.05, 0) is 26.9 Å². The van der Waals surface area contributed by atoms with Crippen molar-refractivity contribution in [3.8, 4) is 0 Å². The molecule has 0 bridgehead atoms. The van der Waals surface area contributed by atoms with Crippen LogP contribution in [0, 0.1) is 0 Å². The summed E-state index contributed by atoms with van der Waals surface area (Å²) in [6.45, 7) is 9.78. The number of carboxylic acids is 1. The number of carbonyl (C=O) groups excluding carboxylic acids is 1. The molecule has 3 N–H and O–H groups in total. The number of hydrogen-bond donors (Lipinski definition) is 3. The van der Waals surface area contributed by atoms with Crippen LogP contribution in [0.4, 0.5) is 0 Å². The minimum absolute atomic E-state index is 0.279. The molecular formula is C12H25NO6. The second kappa shape index (κ2) is 11.9. The zero-order valence-electron chi connectivity index (χ0n) is 12.0. The molecule has 19 heavy (non-hydrogen) atoms. The van der Waals surface area contributed by atoms with E-state index < -0.39 is 24.1 Å². The first kappa shape index (κ1) is 20.1. The van der Waals surface area contributed by atoms with Gasteiger partial charge in [-0.25, -0.2) is 9.59 Å². The van der Waals surface area contributed by atoms with E-state index in [2.05, 4.69) is 23.5 Å². The third-order valence-electron chi connectivity index (χ3n) is 2.29. The fourth-order valence-corrected chi connectivity index (χ4v) is 1.00. The SMILES string of the molecule is CC(O)C(=O)OC(C)C(=O)O.CCN(CC)CCO. The predicted octanol–water partition coefficient (Wildman–Crippen LogP) is -0.296. The fraction of sp³-hybridized carbons (Fsp3) is 0.833. The highest BCUT2D eigenvalue weighted by molar-refractivity contribution is 5.79. The molecule has 0 saturated heterocycles. The molecule has 0 heterocycles. The van der Waals surface area contributed by atoms with Gasteiger partial charge in [0.05, 0.1) is 6.61 Å². The minimum Gasteiger partial charge on any atom is -0.479 e. The number of nitrogens with zero attached hydrogens (tertiary/aromatic N) is 1. The van der Waals surface area contributed by atoms with Crippen molar-refractivity contribution in [3.05, 3.63) is 0 Å². The predicted molar refractivity (Wildman–Crippen MR) is 69.7 cm³/mol. The first-order valence-corrected chi connectivity index (χ1v) is 6.24. The molecule has 7 heteroatoms. The number of aliphatic hydroxyl groups excluding tert-OH is 2. The summed E-state index contributed by atoms with van der Waals surface area (Å²) in [4.78, 5) is 22.8. The molecule has 0 radical (unpaired) electrons. The Morgan fingerprint density at radius 2 is 1.68 bits per heavy atom. The number of hydrogen-bond acceptors (Lipinski definition) is 6. The van der Waals surface area contributed by atoms with Crippen LogP contribution in [-0.2, 0) is 14.3 Å². The largest absolute Gasteiger partial charge is 0.479 e. The molecule has 0 amide bonds. The Balaban J connectivity index is 0. The second-order valence-electron chi connectivity index (χ2n) is 3.84. The molecule has 0 spiro atoms. The number of rotatable bonds is 7. The first-order valence-electron chi connectivity index (χ1n) is 6.24. The Morgan fingerprint density at radius 3 is 1.89 bits per heavy atom. The molecule has 0 aliphatic rings. The zero-order chi connectivity index (χ0) is 15.4. The van der Waals surface area contributed by atoms with Gasteiger partial charge in [0.2, 0.25) is 0 Å². The quantitative estimate of drug-likeness (QED) is 0.549. The Morgan fingerprint density at radius 1 is 1.21 bits per heavy atom. The van der Waals surface area contributed by atoms with Gasteiger partial charge in [-0.3, -0.25) is 0 Å². The molecule has 0 aromatic heterocycles. The Hall–Kier alpha value is -1.18. The van der Waals surface area contributed by atoms with Gasteiger partial charge in [0.25, 0.3) is 0 Å². The van der Waals surface area contributed by atoms with Crippen molar-refractivity contribution in [2.45, 2.75) is 39.9 Å². The van der Waals surface area contributed by atoms with Crippen molar-refractivity contribution >= 4 is 11.9 Å². The summed E-state index contributed by atoms with van der Waals surface area (Å²) in [5, 5.41) is 25.3. The topological polar surface area (TPSA) is 107 Å². The normalized spacial score (nSPS) is 13.2. The van der Waals surface area contributed by atoms with Crippen molar-refractivity contribution in [3.63, 3.8) is 0 Å². The minimum atomic E-state index is -1.28. The van der Waals surface area contributed by atoms with Crippen LogP contribution in [0.3, 0.4) is 0 Å². The van der Waals surface area contributed by atoms with E-state index in [0.29, 0.717) is 0 Å². The van der Waals surface area contributed by atoms with Gasteiger partial charge in [0.1, 0.15) is 6.10 Å². The zero-order valence-corrected chi connectivity index (χ0v) is 12.0. The van der Waals surface area contributed by atoms with Crippen LogP contribution in [0.5, 0.6) is 0 Å². The molecule has 7 nitrogen and oxygen atoms in total. The van der Waals surface area contributed by atoms with E-state index in [4.69, 9.17) is 15.3 Å². The van der Waals surface area contributed by atoms with Crippen LogP contribution >= 0.6 is 0 Å². The van der Waals surface area contributed by atoms with Gasteiger partial charge in [-0.2, -0.15) is 0 Å². The highest BCUT2D eigenvalue weighted by atomic mass is 16.6.